The second-order valence-electron chi connectivity index (χ2n) is 7.26. The van der Waals surface area contributed by atoms with Gasteiger partial charge in [0.2, 0.25) is 0 Å². The fourth-order valence-corrected chi connectivity index (χ4v) is 3.12. The Labute approximate surface area is 160 Å². The number of nitro benzene ring substituents is 1. The average Bonchev–Trinajstić information content (AvgIpc) is 2.64. The maximum absolute atomic E-state index is 13.1. The Bertz CT molecular complexity index is 818. The van der Waals surface area contributed by atoms with Crippen LogP contribution >= 0.6 is 0 Å². The highest BCUT2D eigenvalue weighted by Crippen LogP contribution is 2.22. The number of carbonyl (C=O) groups excluding carboxylic acids is 1. The summed E-state index contributed by atoms with van der Waals surface area (Å²) in [7, 11) is 0. The number of non-ortho nitro benzene ring substituents is 1. The van der Waals surface area contributed by atoms with Gasteiger partial charge in [-0.15, -0.1) is 0 Å². The summed E-state index contributed by atoms with van der Waals surface area (Å²) in [6.45, 7) is 8.32. The van der Waals surface area contributed by atoms with Crippen LogP contribution < -0.4 is 5.32 Å². The molecule has 2 aromatic carbocycles. The van der Waals surface area contributed by atoms with Gasteiger partial charge in [0, 0.05) is 23.7 Å². The van der Waals surface area contributed by atoms with Gasteiger partial charge in [0.15, 0.2) is 0 Å². The molecule has 0 radical (unpaired) electrons. The lowest BCUT2D eigenvalue weighted by atomic mass is 9.92. The molecule has 0 unspecified atom stereocenters. The van der Waals surface area contributed by atoms with Gasteiger partial charge < -0.3 is 5.32 Å². The van der Waals surface area contributed by atoms with Crippen molar-refractivity contribution in [2.45, 2.75) is 33.7 Å². The zero-order valence-electron chi connectivity index (χ0n) is 16.2. The van der Waals surface area contributed by atoms with Gasteiger partial charge in [-0.25, -0.2) is 0 Å². The third-order valence-corrected chi connectivity index (χ3v) is 4.46. The smallest absolute Gasteiger partial charge is 0.270 e. The van der Waals surface area contributed by atoms with Gasteiger partial charge in [0.05, 0.1) is 4.92 Å². The van der Waals surface area contributed by atoms with Gasteiger partial charge in [-0.3, -0.25) is 14.9 Å². The van der Waals surface area contributed by atoms with E-state index in [-0.39, 0.29) is 17.6 Å². The van der Waals surface area contributed by atoms with Crippen LogP contribution in [0.4, 0.5) is 5.69 Å². The molecule has 2 rings (SSSR count). The minimum atomic E-state index is -0.437. The molecule has 0 bridgehead atoms. The van der Waals surface area contributed by atoms with Crippen molar-refractivity contribution < 1.29 is 9.72 Å². The van der Waals surface area contributed by atoms with Crippen LogP contribution in [0.1, 0.15) is 38.8 Å². The standard InChI is InChI=1S/C22H26N2O3/c1-15(2)21(16(3)4)23-22(25)20(18-10-6-5-7-11-18)14-17-9-8-12-19(13-17)24(26)27/h5-16,21H,1-4H3,(H,23,25). The number of nitro groups is 1. The maximum Gasteiger partial charge on any atom is 0.270 e. The number of nitrogens with zero attached hydrogens (tertiary/aromatic N) is 1. The molecule has 0 aromatic heterocycles. The summed E-state index contributed by atoms with van der Waals surface area (Å²) in [5.41, 5.74) is 1.87. The highest BCUT2D eigenvalue weighted by Gasteiger charge is 2.22. The van der Waals surface area contributed by atoms with Crippen LogP contribution in [0.2, 0.25) is 0 Å². The summed E-state index contributed by atoms with van der Waals surface area (Å²) >= 11 is 0. The highest BCUT2D eigenvalue weighted by molar-refractivity contribution is 6.24. The van der Waals surface area contributed by atoms with Crippen LogP contribution in [0.25, 0.3) is 11.6 Å². The number of hydrogen-bond donors (Lipinski definition) is 1. The summed E-state index contributed by atoms with van der Waals surface area (Å²) in [6.07, 6.45) is 1.70. The van der Waals surface area contributed by atoms with E-state index in [9.17, 15) is 14.9 Å². The van der Waals surface area contributed by atoms with Gasteiger partial charge in [-0.2, -0.15) is 0 Å². The van der Waals surface area contributed by atoms with Gasteiger partial charge >= 0.3 is 0 Å². The Balaban J connectivity index is 2.45. The van der Waals surface area contributed by atoms with Gasteiger partial charge in [0.25, 0.3) is 11.6 Å². The largest absolute Gasteiger partial charge is 0.349 e. The van der Waals surface area contributed by atoms with Gasteiger partial charge in [-0.1, -0.05) is 70.2 Å². The molecule has 0 aliphatic heterocycles. The number of carbonyl (C=O) groups is 1. The number of hydrogen-bond acceptors (Lipinski definition) is 3. The van der Waals surface area contributed by atoms with Crippen molar-refractivity contribution in [1.82, 2.24) is 5.32 Å². The van der Waals surface area contributed by atoms with Crippen molar-refractivity contribution in [2.75, 3.05) is 0 Å². The lowest BCUT2D eigenvalue weighted by Crippen LogP contribution is -2.42. The van der Waals surface area contributed by atoms with Crippen molar-refractivity contribution in [2.24, 2.45) is 11.8 Å². The van der Waals surface area contributed by atoms with Crippen molar-refractivity contribution >= 4 is 23.2 Å². The van der Waals surface area contributed by atoms with Crippen molar-refractivity contribution in [1.29, 1.82) is 0 Å². The quantitative estimate of drug-likeness (QED) is 0.327. The number of nitrogens with one attached hydrogen (secondary N) is 1. The van der Waals surface area contributed by atoms with Crippen molar-refractivity contribution in [3.8, 4) is 0 Å². The van der Waals surface area contributed by atoms with Crippen LogP contribution in [-0.2, 0) is 4.79 Å². The molecule has 2 aromatic rings. The van der Waals surface area contributed by atoms with Crippen LogP contribution in [0.3, 0.4) is 0 Å². The number of rotatable bonds is 7. The first kappa shape index (κ1) is 20.4. The van der Waals surface area contributed by atoms with Crippen LogP contribution in [0.15, 0.2) is 54.6 Å². The van der Waals surface area contributed by atoms with E-state index >= 15 is 0 Å². The molecule has 0 aliphatic rings. The van der Waals surface area contributed by atoms with Crippen LogP contribution in [0, 0.1) is 22.0 Å². The molecule has 1 amide bonds. The Morgan fingerprint density at radius 1 is 1.00 bits per heavy atom. The molecule has 142 valence electrons. The molecule has 1 N–H and O–H groups in total. The summed E-state index contributed by atoms with van der Waals surface area (Å²) in [5.74, 6) is 0.410. The molecule has 27 heavy (non-hydrogen) atoms. The zero-order valence-corrected chi connectivity index (χ0v) is 16.2. The molecule has 0 fully saturated rings. The minimum Gasteiger partial charge on any atom is -0.349 e. The predicted molar refractivity (Wildman–Crippen MR) is 109 cm³/mol. The predicted octanol–water partition coefficient (Wildman–Crippen LogP) is 4.93. The zero-order chi connectivity index (χ0) is 20.0. The van der Waals surface area contributed by atoms with E-state index in [1.54, 1.807) is 18.2 Å². The lowest BCUT2D eigenvalue weighted by Gasteiger charge is -2.26. The third kappa shape index (κ3) is 5.51. The van der Waals surface area contributed by atoms with E-state index in [2.05, 4.69) is 33.0 Å². The molecular formula is C22H26N2O3. The highest BCUT2D eigenvalue weighted by atomic mass is 16.6. The normalized spacial score (nSPS) is 11.9. The summed E-state index contributed by atoms with van der Waals surface area (Å²) in [5, 5.41) is 14.2. The van der Waals surface area contributed by atoms with E-state index in [0.717, 1.165) is 5.56 Å². The summed E-state index contributed by atoms with van der Waals surface area (Å²) < 4.78 is 0. The van der Waals surface area contributed by atoms with Gasteiger partial charge in [0.1, 0.15) is 0 Å². The number of benzene rings is 2. The van der Waals surface area contributed by atoms with Crippen molar-refractivity contribution in [3.63, 3.8) is 0 Å². The molecule has 5 heteroatoms. The second kappa shape index (κ2) is 9.12. The average molecular weight is 366 g/mol. The Morgan fingerprint density at radius 3 is 2.19 bits per heavy atom. The van der Waals surface area contributed by atoms with E-state index in [1.165, 1.54) is 12.1 Å². The maximum atomic E-state index is 13.1. The Kier molecular flexibility index (Phi) is 6.88. The monoisotopic (exact) mass is 366 g/mol. The Hall–Kier alpha value is -2.95. The first-order chi connectivity index (χ1) is 12.8. The number of amides is 1. The Morgan fingerprint density at radius 2 is 1.63 bits per heavy atom. The topological polar surface area (TPSA) is 72.2 Å². The molecule has 0 aliphatic carbocycles. The fourth-order valence-electron chi connectivity index (χ4n) is 3.12. The minimum absolute atomic E-state index is 0.00110. The van der Waals surface area contributed by atoms with E-state index in [0.29, 0.717) is 23.0 Å². The van der Waals surface area contributed by atoms with E-state index in [4.69, 9.17) is 0 Å². The molecule has 0 atom stereocenters. The second-order valence-corrected chi connectivity index (χ2v) is 7.26. The van der Waals surface area contributed by atoms with Crippen LogP contribution in [-0.4, -0.2) is 16.9 Å². The van der Waals surface area contributed by atoms with Gasteiger partial charge in [-0.05, 0) is 29.0 Å². The molecular weight excluding hydrogens is 340 g/mol. The van der Waals surface area contributed by atoms with E-state index in [1.807, 2.05) is 30.3 Å². The van der Waals surface area contributed by atoms with Crippen molar-refractivity contribution in [3.05, 3.63) is 75.8 Å². The first-order valence-electron chi connectivity index (χ1n) is 9.12. The molecule has 0 spiro atoms. The molecule has 0 saturated carbocycles. The lowest BCUT2D eigenvalue weighted by molar-refractivity contribution is -0.384. The fraction of sp³-hybridized carbons (Fsp3) is 0.318. The molecule has 5 nitrogen and oxygen atoms in total. The van der Waals surface area contributed by atoms with Crippen LogP contribution in [0.5, 0.6) is 0 Å². The third-order valence-electron chi connectivity index (χ3n) is 4.46. The first-order valence-corrected chi connectivity index (χ1v) is 9.12. The summed E-state index contributed by atoms with van der Waals surface area (Å²) in [6, 6.07) is 15.7. The molecule has 0 heterocycles. The van der Waals surface area contributed by atoms with E-state index < -0.39 is 4.92 Å². The molecule has 0 saturated heterocycles. The SMILES string of the molecule is CC(C)C(NC(=O)C(=Cc1cccc([N+](=O)[O-])c1)c1ccccc1)C(C)C. The summed E-state index contributed by atoms with van der Waals surface area (Å²) in [4.78, 5) is 23.7.